The molecule has 0 aromatic heterocycles. The zero-order valence-electron chi connectivity index (χ0n) is 23.3. The van der Waals surface area contributed by atoms with Crippen LogP contribution in [0.5, 0.6) is 0 Å². The Balaban J connectivity index is -0.000000164. The van der Waals surface area contributed by atoms with Gasteiger partial charge in [-0.2, -0.15) is 0 Å². The summed E-state index contributed by atoms with van der Waals surface area (Å²) in [6, 6.07) is 18.6. The van der Waals surface area contributed by atoms with E-state index in [0.29, 0.717) is 59.1 Å². The van der Waals surface area contributed by atoms with Crippen molar-refractivity contribution < 1.29 is 75.1 Å². The van der Waals surface area contributed by atoms with Gasteiger partial charge in [0.1, 0.15) is 20.2 Å². The molecule has 4 rings (SSSR count). The molecular formula is C24H42CdN6O10S2+2. The van der Waals surface area contributed by atoms with Crippen LogP contribution in [0.1, 0.15) is 0 Å². The van der Waals surface area contributed by atoms with E-state index in [1.807, 2.05) is 0 Å². The van der Waals surface area contributed by atoms with E-state index in [4.69, 9.17) is 34.4 Å². The number of nitrogens with two attached hydrogens (primary N) is 6. The Labute approximate surface area is 270 Å². The molecule has 0 radical (unpaired) electrons. The summed E-state index contributed by atoms with van der Waals surface area (Å²) in [5, 5.41) is 1.89. The quantitative estimate of drug-likeness (QED) is 0.0525. The summed E-state index contributed by atoms with van der Waals surface area (Å²) in [5.74, 6) is 0. The molecule has 0 aliphatic rings. The first kappa shape index (κ1) is 50.1. The van der Waals surface area contributed by atoms with Gasteiger partial charge in [0.05, 0.1) is 9.79 Å². The monoisotopic (exact) mass is 752 g/mol. The summed E-state index contributed by atoms with van der Waals surface area (Å²) >= 11 is 0. The van der Waals surface area contributed by atoms with Crippen LogP contribution in [0.15, 0.2) is 82.6 Å². The molecule has 4 aromatic carbocycles. The molecule has 0 aliphatic carbocycles. The van der Waals surface area contributed by atoms with Gasteiger partial charge in [-0.15, -0.1) is 0 Å². The number of hydrogen-bond donors (Lipinski definition) is 6. The Morgan fingerprint density at radius 2 is 0.721 bits per heavy atom. The topological polar surface area (TPSA) is 400 Å². The van der Waals surface area contributed by atoms with Crippen molar-refractivity contribution in [3.63, 3.8) is 0 Å². The SMILES string of the molecule is NCCN.NCCN.Nc1ccc(S(=O)(=O)[O-])c2ccccc12.Nc1ccc(S(=O)(=O)[O-])c2ccccc12.O.O.[Cd+2].[OH3+].[OH3+]. The zero-order valence-corrected chi connectivity index (χ0v) is 29.0. The van der Waals surface area contributed by atoms with Gasteiger partial charge in [-0.3, -0.25) is 0 Å². The molecular weight excluding hydrogens is 709 g/mol. The minimum Gasteiger partial charge on any atom is -0.744 e. The Morgan fingerprint density at radius 1 is 0.488 bits per heavy atom. The van der Waals surface area contributed by atoms with Crippen molar-refractivity contribution in [2.45, 2.75) is 9.79 Å². The van der Waals surface area contributed by atoms with E-state index in [0.717, 1.165) is 0 Å². The van der Waals surface area contributed by atoms with E-state index in [1.54, 1.807) is 48.5 Å². The predicted octanol–water partition coefficient (Wildman–Crippen LogP) is -3.04. The van der Waals surface area contributed by atoms with Gasteiger partial charge in [-0.25, -0.2) is 16.8 Å². The molecule has 0 saturated heterocycles. The van der Waals surface area contributed by atoms with Gasteiger partial charge < -0.3 is 65.4 Å². The third-order valence-electron chi connectivity index (χ3n) is 4.71. The van der Waals surface area contributed by atoms with Gasteiger partial charge in [0.2, 0.25) is 0 Å². The summed E-state index contributed by atoms with van der Waals surface area (Å²) in [6.07, 6.45) is 0. The van der Waals surface area contributed by atoms with E-state index >= 15 is 0 Å². The molecule has 0 bridgehead atoms. The van der Waals surface area contributed by atoms with Crippen molar-refractivity contribution in [2.24, 2.45) is 22.9 Å². The number of hydrogen-bond acceptors (Lipinski definition) is 12. The molecule has 43 heavy (non-hydrogen) atoms. The van der Waals surface area contributed by atoms with Gasteiger partial charge in [-0.1, -0.05) is 48.5 Å². The third kappa shape index (κ3) is 15.6. The maximum absolute atomic E-state index is 11.0. The molecule has 0 unspecified atom stereocenters. The number of anilines is 2. The molecule has 0 fully saturated rings. The maximum atomic E-state index is 11.0. The molecule has 0 aliphatic heterocycles. The Morgan fingerprint density at radius 3 is 0.930 bits per heavy atom. The minimum atomic E-state index is -4.45. The first-order valence-corrected chi connectivity index (χ1v) is 13.9. The van der Waals surface area contributed by atoms with Crippen LogP contribution in [0.2, 0.25) is 0 Å². The van der Waals surface area contributed by atoms with Crippen LogP contribution in [-0.2, 0) is 58.5 Å². The second-order valence-corrected chi connectivity index (χ2v) is 10.2. The Bertz CT molecular complexity index is 1440. The van der Waals surface area contributed by atoms with Gasteiger partial charge in [0, 0.05) is 59.1 Å². The molecule has 240 valence electrons. The molecule has 4 aromatic rings. The number of rotatable bonds is 4. The van der Waals surface area contributed by atoms with Crippen molar-refractivity contribution in [3.05, 3.63) is 72.8 Å². The van der Waals surface area contributed by atoms with Crippen LogP contribution in [0.3, 0.4) is 0 Å². The van der Waals surface area contributed by atoms with Crippen LogP contribution < -0.4 is 34.4 Å². The Kier molecular flexibility index (Phi) is 27.7. The second kappa shape index (κ2) is 23.8. The first-order chi connectivity index (χ1) is 17.8. The van der Waals surface area contributed by atoms with Crippen molar-refractivity contribution >= 4 is 53.2 Å². The van der Waals surface area contributed by atoms with Crippen molar-refractivity contribution in [1.82, 2.24) is 0 Å². The molecule has 22 N–H and O–H groups in total. The van der Waals surface area contributed by atoms with Crippen molar-refractivity contribution in [1.29, 1.82) is 0 Å². The molecule has 19 heteroatoms. The average Bonchev–Trinajstić information content (AvgIpc) is 2.88. The molecule has 16 nitrogen and oxygen atoms in total. The summed E-state index contributed by atoms with van der Waals surface area (Å²) in [6.45, 7) is 2.39. The number of fused-ring (bicyclic) bond motifs is 2. The normalized spacial score (nSPS) is 9.63. The fourth-order valence-electron chi connectivity index (χ4n) is 3.03. The number of benzene rings is 4. The first-order valence-electron chi connectivity index (χ1n) is 11.1. The van der Waals surface area contributed by atoms with Crippen LogP contribution in [0.25, 0.3) is 21.5 Å². The van der Waals surface area contributed by atoms with Gasteiger partial charge in [0.25, 0.3) is 0 Å². The largest absolute Gasteiger partial charge is 2.00 e. The van der Waals surface area contributed by atoms with E-state index in [2.05, 4.69) is 0 Å². The van der Waals surface area contributed by atoms with Gasteiger partial charge in [-0.05, 0) is 24.3 Å². The molecule has 0 heterocycles. The molecule has 0 spiro atoms. The standard InChI is InChI=1S/2C10H9NO3S.2C2H8N2.Cd.4H2O/c2*11-9-5-6-10(15(12,13)14)8-4-2-1-3-7(8)9;2*3-1-2-4;;;;;/h2*1-6H,11H2,(H,12,13,14);2*1-4H2;;4*1H2/q;;;;+2;;;;. The van der Waals surface area contributed by atoms with Crippen LogP contribution in [-0.4, -0.2) is 63.1 Å². The fraction of sp³-hybridized carbons (Fsp3) is 0.167. The summed E-state index contributed by atoms with van der Waals surface area (Å²) < 4.78 is 65.8. The third-order valence-corrected chi connectivity index (χ3v) is 6.50. The van der Waals surface area contributed by atoms with Crippen LogP contribution >= 0.6 is 0 Å². The number of nitrogen functional groups attached to an aromatic ring is 2. The van der Waals surface area contributed by atoms with Crippen molar-refractivity contribution in [3.8, 4) is 0 Å². The van der Waals surface area contributed by atoms with Crippen molar-refractivity contribution in [2.75, 3.05) is 37.6 Å². The van der Waals surface area contributed by atoms with Crippen LogP contribution in [0, 0.1) is 0 Å². The molecule has 0 saturated carbocycles. The molecule has 0 atom stereocenters. The van der Waals surface area contributed by atoms with Gasteiger partial charge >= 0.3 is 27.3 Å². The van der Waals surface area contributed by atoms with E-state index in [9.17, 15) is 25.9 Å². The summed E-state index contributed by atoms with van der Waals surface area (Å²) in [7, 11) is -8.90. The summed E-state index contributed by atoms with van der Waals surface area (Å²) in [4.78, 5) is -0.459. The zero-order chi connectivity index (χ0) is 28.9. The molecule has 0 amide bonds. The maximum Gasteiger partial charge on any atom is 2.00 e. The fourth-order valence-corrected chi connectivity index (χ4v) is 4.39. The average molecular weight is 751 g/mol. The van der Waals surface area contributed by atoms with E-state index < -0.39 is 20.2 Å². The van der Waals surface area contributed by atoms with Gasteiger partial charge in [0.15, 0.2) is 0 Å². The minimum absolute atomic E-state index is 0. The van der Waals surface area contributed by atoms with Crippen LogP contribution in [0.4, 0.5) is 11.4 Å². The second-order valence-electron chi connectivity index (χ2n) is 7.46. The Hall–Kier alpha value is -2.58. The summed E-state index contributed by atoms with van der Waals surface area (Å²) in [5.41, 5.74) is 31.9. The predicted molar refractivity (Wildman–Crippen MR) is 166 cm³/mol. The smallest absolute Gasteiger partial charge is 0.744 e. The van der Waals surface area contributed by atoms with E-state index in [1.165, 1.54) is 24.3 Å². The van der Waals surface area contributed by atoms with E-state index in [-0.39, 0.29) is 59.0 Å².